The molecule has 7 heteroatoms. The summed E-state index contributed by atoms with van der Waals surface area (Å²) in [5.41, 5.74) is 3.71. The number of para-hydroxylation sites is 1. The number of benzene rings is 2. The molecule has 0 aliphatic carbocycles. The Morgan fingerprint density at radius 1 is 1.07 bits per heavy atom. The Labute approximate surface area is 165 Å². The first-order chi connectivity index (χ1) is 13.7. The van der Waals surface area contributed by atoms with Gasteiger partial charge in [0.1, 0.15) is 5.01 Å². The van der Waals surface area contributed by atoms with Gasteiger partial charge in [0.25, 0.3) is 0 Å². The molecule has 4 aromatic rings. The lowest BCUT2D eigenvalue weighted by Crippen LogP contribution is -2.00. The van der Waals surface area contributed by atoms with Crippen molar-refractivity contribution in [2.75, 3.05) is 21.3 Å². The van der Waals surface area contributed by atoms with Crippen LogP contribution in [-0.2, 0) is 0 Å². The van der Waals surface area contributed by atoms with Crippen LogP contribution in [-0.4, -0.2) is 37.6 Å². The molecule has 2 heterocycles. The number of fused-ring (bicyclic) bond motifs is 1. The van der Waals surface area contributed by atoms with Crippen molar-refractivity contribution in [1.82, 2.24) is 9.97 Å². The van der Waals surface area contributed by atoms with Crippen LogP contribution in [0.4, 0.5) is 0 Å². The van der Waals surface area contributed by atoms with Crippen LogP contribution >= 0.6 is 11.3 Å². The molecule has 28 heavy (non-hydrogen) atoms. The van der Waals surface area contributed by atoms with E-state index in [0.29, 0.717) is 34.1 Å². The normalized spacial score (nSPS) is 10.8. The maximum Gasteiger partial charge on any atom is 0.204 e. The summed E-state index contributed by atoms with van der Waals surface area (Å²) in [5, 5.41) is 3.85. The van der Waals surface area contributed by atoms with Crippen LogP contribution in [0.5, 0.6) is 17.2 Å². The molecule has 2 aromatic carbocycles. The number of carbonyl (C=O) groups excluding carboxylic acids is 1. The van der Waals surface area contributed by atoms with Gasteiger partial charge in [-0.15, -0.1) is 11.3 Å². The lowest BCUT2D eigenvalue weighted by atomic mass is 10.0. The van der Waals surface area contributed by atoms with E-state index in [9.17, 15) is 4.79 Å². The van der Waals surface area contributed by atoms with Crippen LogP contribution in [0, 0.1) is 0 Å². The van der Waals surface area contributed by atoms with Gasteiger partial charge in [-0.3, -0.25) is 4.79 Å². The SMILES string of the molecule is COc1cc(C=O)c(-c2csc(-c3c[nH]c4ccccc34)n2)c(OC)c1OC. The van der Waals surface area contributed by atoms with E-state index < -0.39 is 0 Å². The number of nitrogens with zero attached hydrogens (tertiary/aromatic N) is 1. The molecule has 0 saturated carbocycles. The highest BCUT2D eigenvalue weighted by molar-refractivity contribution is 7.13. The number of carbonyl (C=O) groups is 1. The molecule has 0 unspecified atom stereocenters. The zero-order valence-electron chi connectivity index (χ0n) is 15.6. The summed E-state index contributed by atoms with van der Waals surface area (Å²) in [5.74, 6) is 1.27. The van der Waals surface area contributed by atoms with Gasteiger partial charge in [0.05, 0.1) is 32.6 Å². The van der Waals surface area contributed by atoms with Crippen molar-refractivity contribution in [1.29, 1.82) is 0 Å². The monoisotopic (exact) mass is 394 g/mol. The summed E-state index contributed by atoms with van der Waals surface area (Å²) in [6.07, 6.45) is 2.71. The largest absolute Gasteiger partial charge is 0.493 e. The van der Waals surface area contributed by atoms with Crippen LogP contribution in [0.2, 0.25) is 0 Å². The van der Waals surface area contributed by atoms with Crippen LogP contribution in [0.15, 0.2) is 41.9 Å². The van der Waals surface area contributed by atoms with E-state index >= 15 is 0 Å². The minimum absolute atomic E-state index is 0.416. The van der Waals surface area contributed by atoms with Gasteiger partial charge in [0.2, 0.25) is 5.75 Å². The van der Waals surface area contributed by atoms with E-state index in [4.69, 9.17) is 19.2 Å². The van der Waals surface area contributed by atoms with E-state index in [2.05, 4.69) is 11.1 Å². The Hall–Kier alpha value is -3.32. The first kappa shape index (κ1) is 18.1. The summed E-state index contributed by atoms with van der Waals surface area (Å²) in [4.78, 5) is 19.8. The molecular weight excluding hydrogens is 376 g/mol. The van der Waals surface area contributed by atoms with E-state index in [1.54, 1.807) is 6.07 Å². The second kappa shape index (κ2) is 7.36. The standard InChI is InChI=1S/C21H18N2O4S/c1-25-17-8-12(10-24)18(20(27-3)19(17)26-2)16-11-28-21(23-16)14-9-22-15-7-5-4-6-13(14)15/h4-11,22H,1-3H3. The van der Waals surface area contributed by atoms with Crippen molar-refractivity contribution in [2.24, 2.45) is 0 Å². The molecule has 0 aliphatic heterocycles. The molecular formula is C21H18N2O4S. The Morgan fingerprint density at radius 2 is 1.86 bits per heavy atom. The Morgan fingerprint density at radius 3 is 2.57 bits per heavy atom. The molecule has 0 radical (unpaired) electrons. The molecule has 1 N–H and O–H groups in total. The zero-order valence-corrected chi connectivity index (χ0v) is 16.4. The number of rotatable bonds is 6. The molecule has 0 aliphatic rings. The molecule has 6 nitrogen and oxygen atoms in total. The van der Waals surface area contributed by atoms with Gasteiger partial charge in [0, 0.05) is 33.6 Å². The van der Waals surface area contributed by atoms with Crippen molar-refractivity contribution >= 4 is 28.5 Å². The van der Waals surface area contributed by atoms with Crippen molar-refractivity contribution in [3.8, 4) is 39.1 Å². The number of aldehydes is 1. The topological polar surface area (TPSA) is 73.4 Å². The van der Waals surface area contributed by atoms with E-state index in [1.165, 1.54) is 32.7 Å². The highest BCUT2D eigenvalue weighted by Gasteiger charge is 2.24. The molecule has 0 spiro atoms. The predicted molar refractivity (Wildman–Crippen MR) is 110 cm³/mol. The second-order valence-electron chi connectivity index (χ2n) is 6.01. The fourth-order valence-electron chi connectivity index (χ4n) is 3.29. The average Bonchev–Trinajstić information content (AvgIpc) is 3.38. The third kappa shape index (κ3) is 2.80. The fraction of sp³-hybridized carbons (Fsp3) is 0.143. The summed E-state index contributed by atoms with van der Waals surface area (Å²) in [6.45, 7) is 0. The molecule has 2 aromatic heterocycles. The third-order valence-electron chi connectivity index (χ3n) is 4.57. The molecule has 0 fully saturated rings. The molecule has 0 bridgehead atoms. The second-order valence-corrected chi connectivity index (χ2v) is 6.87. The van der Waals surface area contributed by atoms with Crippen molar-refractivity contribution in [3.05, 3.63) is 47.5 Å². The van der Waals surface area contributed by atoms with E-state index in [1.807, 2.05) is 29.8 Å². The number of H-pyrrole nitrogens is 1. The molecule has 0 atom stereocenters. The summed E-state index contributed by atoms with van der Waals surface area (Å²) in [7, 11) is 4.58. The smallest absolute Gasteiger partial charge is 0.204 e. The summed E-state index contributed by atoms with van der Waals surface area (Å²) >= 11 is 1.50. The number of nitrogens with one attached hydrogen (secondary N) is 1. The van der Waals surface area contributed by atoms with Crippen LogP contribution < -0.4 is 14.2 Å². The van der Waals surface area contributed by atoms with Crippen LogP contribution in [0.25, 0.3) is 32.7 Å². The van der Waals surface area contributed by atoms with Gasteiger partial charge in [-0.05, 0) is 12.1 Å². The van der Waals surface area contributed by atoms with Crippen molar-refractivity contribution in [3.63, 3.8) is 0 Å². The van der Waals surface area contributed by atoms with Crippen molar-refractivity contribution < 1.29 is 19.0 Å². The number of aromatic amines is 1. The first-order valence-electron chi connectivity index (χ1n) is 8.52. The minimum atomic E-state index is 0.416. The van der Waals surface area contributed by atoms with Crippen LogP contribution in [0.1, 0.15) is 10.4 Å². The molecule has 0 amide bonds. The highest BCUT2D eigenvalue weighted by Crippen LogP contribution is 2.47. The van der Waals surface area contributed by atoms with Gasteiger partial charge >= 0.3 is 0 Å². The predicted octanol–water partition coefficient (Wildman–Crippen LogP) is 4.80. The fourth-order valence-corrected chi connectivity index (χ4v) is 4.13. The summed E-state index contributed by atoms with van der Waals surface area (Å²) < 4.78 is 16.4. The number of hydrogen-bond acceptors (Lipinski definition) is 6. The highest BCUT2D eigenvalue weighted by atomic mass is 32.1. The third-order valence-corrected chi connectivity index (χ3v) is 5.44. The first-order valence-corrected chi connectivity index (χ1v) is 9.40. The number of hydrogen-bond donors (Lipinski definition) is 1. The number of ether oxygens (including phenoxy) is 3. The number of thiazole rings is 1. The van der Waals surface area contributed by atoms with Gasteiger partial charge in [0.15, 0.2) is 17.8 Å². The van der Waals surface area contributed by atoms with Crippen LogP contribution in [0.3, 0.4) is 0 Å². The average molecular weight is 394 g/mol. The van der Waals surface area contributed by atoms with Crippen molar-refractivity contribution in [2.45, 2.75) is 0 Å². The number of aromatic nitrogens is 2. The van der Waals surface area contributed by atoms with E-state index in [-0.39, 0.29) is 0 Å². The molecule has 0 saturated heterocycles. The maximum absolute atomic E-state index is 11.8. The summed E-state index contributed by atoms with van der Waals surface area (Å²) in [6, 6.07) is 9.69. The minimum Gasteiger partial charge on any atom is -0.493 e. The Kier molecular flexibility index (Phi) is 4.75. The van der Waals surface area contributed by atoms with E-state index in [0.717, 1.165) is 27.8 Å². The maximum atomic E-state index is 11.8. The van der Waals surface area contributed by atoms with Gasteiger partial charge < -0.3 is 19.2 Å². The van der Waals surface area contributed by atoms with Gasteiger partial charge in [-0.25, -0.2) is 4.98 Å². The lowest BCUT2D eigenvalue weighted by Gasteiger charge is -2.16. The molecule has 142 valence electrons. The van der Waals surface area contributed by atoms with Gasteiger partial charge in [-0.1, -0.05) is 18.2 Å². The molecule has 4 rings (SSSR count). The quantitative estimate of drug-likeness (QED) is 0.476. The lowest BCUT2D eigenvalue weighted by molar-refractivity contribution is 0.112. The Bertz CT molecular complexity index is 1160. The van der Waals surface area contributed by atoms with Gasteiger partial charge in [-0.2, -0.15) is 0 Å². The zero-order chi connectivity index (χ0) is 19.7. The Balaban J connectivity index is 1.90. The number of methoxy groups -OCH3 is 3.